The molecule has 2 saturated heterocycles. The molecule has 0 unspecified atom stereocenters. The molecule has 3 rings (SSSR count). The normalized spacial score (nSPS) is 35.5. The van der Waals surface area contributed by atoms with Crippen LogP contribution < -0.4 is 0 Å². The molecule has 7 heteroatoms. The molecule has 1 aromatic carbocycles. The van der Waals surface area contributed by atoms with Crippen molar-refractivity contribution >= 4 is 0 Å². The molecule has 2 aliphatic heterocycles. The second kappa shape index (κ2) is 5.78. The zero-order chi connectivity index (χ0) is 13.9. The largest absolute Gasteiger partial charge is 0.390 e. The van der Waals surface area contributed by atoms with Gasteiger partial charge in [-0.25, -0.2) is 0 Å². The number of ether oxygens (including phenoxy) is 3. The van der Waals surface area contributed by atoms with Crippen LogP contribution in [0.1, 0.15) is 5.56 Å². The van der Waals surface area contributed by atoms with Crippen LogP contribution in [-0.4, -0.2) is 42.4 Å². The van der Waals surface area contributed by atoms with Crippen LogP contribution >= 0.6 is 0 Å². The molecule has 0 saturated carbocycles. The van der Waals surface area contributed by atoms with Crippen LogP contribution in [0.2, 0.25) is 0 Å². The van der Waals surface area contributed by atoms with E-state index in [-0.39, 0.29) is 6.10 Å². The summed E-state index contributed by atoms with van der Waals surface area (Å²) in [5, 5.41) is 13.8. The van der Waals surface area contributed by atoms with Crippen molar-refractivity contribution in [2.75, 3.05) is 6.61 Å². The van der Waals surface area contributed by atoms with Crippen molar-refractivity contribution in [3.8, 4) is 0 Å². The molecular formula is C13H15N3O4. The molecule has 106 valence electrons. The van der Waals surface area contributed by atoms with E-state index in [1.165, 1.54) is 0 Å². The first kappa shape index (κ1) is 13.4. The number of aliphatic hydroxyl groups is 1. The van der Waals surface area contributed by atoms with Crippen molar-refractivity contribution < 1.29 is 19.3 Å². The van der Waals surface area contributed by atoms with E-state index >= 15 is 0 Å². The molecule has 20 heavy (non-hydrogen) atoms. The average molecular weight is 277 g/mol. The molecule has 2 heterocycles. The Bertz CT molecular complexity index is 506. The highest BCUT2D eigenvalue weighted by Crippen LogP contribution is 2.32. The Kier molecular flexibility index (Phi) is 3.86. The molecule has 0 spiro atoms. The number of rotatable bonds is 4. The van der Waals surface area contributed by atoms with Crippen molar-refractivity contribution in [1.29, 1.82) is 0 Å². The van der Waals surface area contributed by atoms with E-state index in [9.17, 15) is 5.11 Å². The smallest absolute Gasteiger partial charge is 0.169 e. The van der Waals surface area contributed by atoms with Crippen molar-refractivity contribution in [3.05, 3.63) is 46.3 Å². The third-order valence-electron chi connectivity index (χ3n) is 3.54. The van der Waals surface area contributed by atoms with E-state index in [0.717, 1.165) is 5.56 Å². The molecule has 0 radical (unpaired) electrons. The quantitative estimate of drug-likeness (QED) is 0.510. The van der Waals surface area contributed by atoms with Crippen LogP contribution in [0.15, 0.2) is 35.4 Å². The first-order valence-electron chi connectivity index (χ1n) is 6.44. The molecule has 1 N–H and O–H groups in total. The van der Waals surface area contributed by atoms with Crippen molar-refractivity contribution in [2.45, 2.75) is 37.3 Å². The predicted molar refractivity (Wildman–Crippen MR) is 68.6 cm³/mol. The lowest BCUT2D eigenvalue weighted by Gasteiger charge is -2.35. The topological polar surface area (TPSA) is 96.7 Å². The SMILES string of the molecule is [N-]=[N+]=N[C@@H]1[C@H]2OC[C@@H](O2)[C@H](OCc2ccccc2)[C@H]1O. The third kappa shape index (κ3) is 2.49. The Balaban J connectivity index is 1.70. The highest BCUT2D eigenvalue weighted by Gasteiger charge is 2.50. The molecule has 0 aliphatic carbocycles. The maximum absolute atomic E-state index is 10.3. The lowest BCUT2D eigenvalue weighted by Crippen LogP contribution is -2.53. The van der Waals surface area contributed by atoms with Gasteiger partial charge in [-0.1, -0.05) is 35.4 Å². The van der Waals surface area contributed by atoms with Gasteiger partial charge in [0.1, 0.15) is 18.2 Å². The van der Waals surface area contributed by atoms with Crippen LogP contribution in [0, 0.1) is 0 Å². The average Bonchev–Trinajstić information content (AvgIpc) is 2.90. The summed E-state index contributed by atoms with van der Waals surface area (Å²) in [6.45, 7) is 0.689. The van der Waals surface area contributed by atoms with E-state index in [4.69, 9.17) is 19.7 Å². The third-order valence-corrected chi connectivity index (χ3v) is 3.54. The van der Waals surface area contributed by atoms with Gasteiger partial charge >= 0.3 is 0 Å². The molecule has 5 atom stereocenters. The van der Waals surface area contributed by atoms with Crippen LogP contribution in [-0.2, 0) is 20.8 Å². The summed E-state index contributed by atoms with van der Waals surface area (Å²) < 4.78 is 16.7. The van der Waals surface area contributed by atoms with Gasteiger partial charge in [-0.2, -0.15) is 0 Å². The predicted octanol–water partition coefficient (Wildman–Crippen LogP) is 1.37. The number of nitrogens with zero attached hydrogens (tertiary/aromatic N) is 3. The van der Waals surface area contributed by atoms with Gasteiger partial charge in [0.15, 0.2) is 6.29 Å². The number of hydrogen-bond donors (Lipinski definition) is 1. The minimum atomic E-state index is -0.930. The van der Waals surface area contributed by atoms with E-state index < -0.39 is 24.5 Å². The summed E-state index contributed by atoms with van der Waals surface area (Å²) in [5.41, 5.74) is 9.55. The van der Waals surface area contributed by atoms with Gasteiger partial charge < -0.3 is 19.3 Å². The minimum Gasteiger partial charge on any atom is -0.390 e. The number of fused-ring (bicyclic) bond motifs is 2. The molecule has 7 nitrogen and oxygen atoms in total. The van der Waals surface area contributed by atoms with Crippen LogP contribution in [0.5, 0.6) is 0 Å². The Labute approximate surface area is 115 Å². The van der Waals surface area contributed by atoms with E-state index in [0.29, 0.717) is 13.2 Å². The molecule has 1 aromatic rings. The monoisotopic (exact) mass is 277 g/mol. The van der Waals surface area contributed by atoms with Crippen molar-refractivity contribution in [1.82, 2.24) is 0 Å². The van der Waals surface area contributed by atoms with E-state index in [1.54, 1.807) is 0 Å². The zero-order valence-corrected chi connectivity index (χ0v) is 10.7. The second-order valence-corrected chi connectivity index (χ2v) is 4.82. The number of azide groups is 1. The fourth-order valence-electron chi connectivity index (χ4n) is 2.52. The number of aliphatic hydroxyl groups excluding tert-OH is 1. The summed E-state index contributed by atoms with van der Waals surface area (Å²) in [7, 11) is 0. The molecule has 0 aromatic heterocycles. The minimum absolute atomic E-state index is 0.330. The summed E-state index contributed by atoms with van der Waals surface area (Å²) in [5.74, 6) is 0. The second-order valence-electron chi connectivity index (χ2n) is 4.82. The van der Waals surface area contributed by atoms with Crippen LogP contribution in [0.25, 0.3) is 10.4 Å². The first-order valence-corrected chi connectivity index (χ1v) is 6.44. The van der Waals surface area contributed by atoms with Gasteiger partial charge in [0.05, 0.1) is 19.3 Å². The summed E-state index contributed by atoms with van der Waals surface area (Å²) in [4.78, 5) is 2.73. The van der Waals surface area contributed by atoms with Gasteiger partial charge in [-0.15, -0.1) is 0 Å². The summed E-state index contributed by atoms with van der Waals surface area (Å²) in [6.07, 6.45) is -2.50. The lowest BCUT2D eigenvalue weighted by atomic mass is 9.99. The van der Waals surface area contributed by atoms with E-state index in [2.05, 4.69) is 10.0 Å². The van der Waals surface area contributed by atoms with Crippen LogP contribution in [0.4, 0.5) is 0 Å². The standard InChI is InChI=1S/C13H15N3O4/c14-16-15-10-11(17)12(9-7-19-13(10)20-9)18-6-8-4-2-1-3-5-8/h1-5,9-13,17H,6-7H2/t9-,10+,11+,12+,13+/m1/s1. The van der Waals surface area contributed by atoms with Gasteiger partial charge in [0.2, 0.25) is 0 Å². The fourth-order valence-corrected chi connectivity index (χ4v) is 2.52. The first-order chi connectivity index (χ1) is 9.79. The van der Waals surface area contributed by atoms with E-state index in [1.807, 2.05) is 30.3 Å². The van der Waals surface area contributed by atoms with Gasteiger partial charge in [0, 0.05) is 4.91 Å². The highest BCUT2D eigenvalue weighted by atomic mass is 16.7. The molecule has 0 amide bonds. The van der Waals surface area contributed by atoms with Crippen molar-refractivity contribution in [3.63, 3.8) is 0 Å². The number of hydrogen-bond acceptors (Lipinski definition) is 5. The van der Waals surface area contributed by atoms with Gasteiger partial charge in [0.25, 0.3) is 0 Å². The molecular weight excluding hydrogens is 262 g/mol. The lowest BCUT2D eigenvalue weighted by molar-refractivity contribution is -0.195. The summed E-state index contributed by atoms with van der Waals surface area (Å²) in [6, 6.07) is 8.87. The Morgan fingerprint density at radius 2 is 2.20 bits per heavy atom. The Morgan fingerprint density at radius 3 is 2.95 bits per heavy atom. The highest BCUT2D eigenvalue weighted by molar-refractivity contribution is 5.13. The Morgan fingerprint density at radius 1 is 1.40 bits per heavy atom. The van der Waals surface area contributed by atoms with Gasteiger partial charge in [-0.3, -0.25) is 0 Å². The molecule has 2 fully saturated rings. The van der Waals surface area contributed by atoms with Gasteiger partial charge in [-0.05, 0) is 11.1 Å². The zero-order valence-electron chi connectivity index (χ0n) is 10.7. The maximum Gasteiger partial charge on any atom is 0.169 e. The summed E-state index contributed by atoms with van der Waals surface area (Å²) >= 11 is 0. The molecule has 2 bridgehead atoms. The Hall–Kier alpha value is -1.63. The van der Waals surface area contributed by atoms with Crippen molar-refractivity contribution in [2.24, 2.45) is 5.11 Å². The maximum atomic E-state index is 10.3. The fraction of sp³-hybridized carbons (Fsp3) is 0.538. The molecule has 2 aliphatic rings. The van der Waals surface area contributed by atoms with Crippen LogP contribution in [0.3, 0.4) is 0 Å². The number of benzene rings is 1.